The Hall–Kier alpha value is -2.78. The Morgan fingerprint density at radius 2 is 2.08 bits per heavy atom. The molecule has 1 aliphatic heterocycles. The fourth-order valence-corrected chi connectivity index (χ4v) is 2.45. The van der Waals surface area contributed by atoms with Gasteiger partial charge in [0.25, 0.3) is 5.91 Å². The fourth-order valence-electron chi connectivity index (χ4n) is 2.45. The van der Waals surface area contributed by atoms with E-state index in [9.17, 15) is 27.6 Å². The number of hydrogen-bond acceptors (Lipinski definition) is 5. The van der Waals surface area contributed by atoms with Gasteiger partial charge in [-0.2, -0.15) is 13.2 Å². The summed E-state index contributed by atoms with van der Waals surface area (Å²) in [5, 5.41) is 2.54. The first kappa shape index (κ1) is 19.5. The highest BCUT2D eigenvalue weighted by Gasteiger charge is 2.35. The van der Waals surface area contributed by atoms with E-state index in [2.05, 4.69) is 10.1 Å². The lowest BCUT2D eigenvalue weighted by Gasteiger charge is -2.34. The molecule has 0 bridgehead atoms. The second kappa shape index (κ2) is 8.07. The van der Waals surface area contributed by atoms with Crippen molar-refractivity contribution in [2.45, 2.75) is 18.6 Å². The van der Waals surface area contributed by atoms with Gasteiger partial charge < -0.3 is 19.7 Å². The van der Waals surface area contributed by atoms with Crippen molar-refractivity contribution >= 4 is 17.8 Å². The molecule has 2 amide bonds. The molecule has 142 valence electrons. The molecule has 1 aromatic rings. The molecule has 1 N–H and O–H groups in total. The molecule has 0 spiro atoms. The lowest BCUT2D eigenvalue weighted by atomic mass is 10.1. The van der Waals surface area contributed by atoms with Gasteiger partial charge in [0.05, 0.1) is 19.1 Å². The average Bonchev–Trinajstić information content (AvgIpc) is 2.60. The quantitative estimate of drug-likeness (QED) is 0.777. The normalized spacial score (nSPS) is 17.5. The fraction of sp³-hybridized carbons (Fsp3) is 0.438. The van der Waals surface area contributed by atoms with Crippen LogP contribution >= 0.6 is 0 Å². The number of carbonyl (C=O) groups is 3. The number of halogens is 3. The third-order valence-corrected chi connectivity index (χ3v) is 3.76. The molecule has 0 aliphatic carbocycles. The number of methoxy groups -OCH3 is 1. The molecule has 1 saturated heterocycles. The monoisotopic (exact) mass is 374 g/mol. The minimum Gasteiger partial charge on any atom is -0.484 e. The summed E-state index contributed by atoms with van der Waals surface area (Å²) >= 11 is 0. The molecule has 0 aromatic heterocycles. The van der Waals surface area contributed by atoms with Crippen molar-refractivity contribution in [1.29, 1.82) is 0 Å². The van der Waals surface area contributed by atoms with Crippen LogP contribution < -0.4 is 10.1 Å². The van der Waals surface area contributed by atoms with E-state index in [1.807, 2.05) is 0 Å². The topological polar surface area (TPSA) is 84.9 Å². The van der Waals surface area contributed by atoms with Crippen molar-refractivity contribution in [1.82, 2.24) is 10.2 Å². The number of alkyl halides is 3. The molecule has 1 atom stereocenters. The minimum absolute atomic E-state index is 0.126. The second-order valence-corrected chi connectivity index (χ2v) is 5.49. The third kappa shape index (κ3) is 4.87. The van der Waals surface area contributed by atoms with Crippen LogP contribution in [0.3, 0.4) is 0 Å². The molecule has 0 saturated carbocycles. The van der Waals surface area contributed by atoms with E-state index < -0.39 is 42.2 Å². The molecule has 1 aromatic carbocycles. The molecule has 26 heavy (non-hydrogen) atoms. The molecular weight excluding hydrogens is 357 g/mol. The third-order valence-electron chi connectivity index (χ3n) is 3.76. The summed E-state index contributed by atoms with van der Waals surface area (Å²) in [6.07, 6.45) is -4.85. The maximum atomic E-state index is 12.7. The highest BCUT2D eigenvalue weighted by atomic mass is 19.4. The molecule has 7 nitrogen and oxygen atoms in total. The van der Waals surface area contributed by atoms with Crippen LogP contribution in [-0.2, 0) is 25.3 Å². The lowest BCUT2D eigenvalue weighted by Crippen LogP contribution is -2.58. The maximum absolute atomic E-state index is 12.7. The Kier molecular flexibility index (Phi) is 6.06. The number of amides is 2. The molecule has 0 unspecified atom stereocenters. The van der Waals surface area contributed by atoms with E-state index in [0.717, 1.165) is 30.2 Å². The largest absolute Gasteiger partial charge is 0.484 e. The van der Waals surface area contributed by atoms with Crippen molar-refractivity contribution < 1.29 is 37.0 Å². The van der Waals surface area contributed by atoms with Gasteiger partial charge in [-0.25, -0.2) is 0 Å². The number of nitrogens with zero attached hydrogens (tertiary/aromatic N) is 1. The predicted octanol–water partition coefficient (Wildman–Crippen LogP) is 0.974. The molecule has 1 aliphatic rings. The Balaban J connectivity index is 2.03. The Labute approximate surface area is 147 Å². The standard InChI is InChI=1S/C16H17F3N2O5/c1-25-14(23)8-12-15(24)20-5-6-21(12)13(22)9-26-11-4-2-3-10(7-11)16(17,18)19/h2-4,7,12H,5-6,8-9H2,1H3,(H,20,24)/t12-/m1/s1. The van der Waals surface area contributed by atoms with Crippen LogP contribution in [0.2, 0.25) is 0 Å². The van der Waals surface area contributed by atoms with Gasteiger partial charge in [-0.3, -0.25) is 14.4 Å². The number of nitrogens with one attached hydrogen (secondary N) is 1. The highest BCUT2D eigenvalue weighted by Crippen LogP contribution is 2.31. The summed E-state index contributed by atoms with van der Waals surface area (Å²) in [6, 6.07) is 3.07. The van der Waals surface area contributed by atoms with Gasteiger partial charge >= 0.3 is 12.1 Å². The molecule has 1 heterocycles. The molecule has 1 fully saturated rings. The van der Waals surface area contributed by atoms with Gasteiger partial charge in [0.15, 0.2) is 6.61 Å². The van der Waals surface area contributed by atoms with Crippen LogP contribution in [0.25, 0.3) is 0 Å². The van der Waals surface area contributed by atoms with Gasteiger partial charge in [0.2, 0.25) is 5.91 Å². The first-order valence-corrected chi connectivity index (χ1v) is 7.66. The number of carbonyl (C=O) groups excluding carboxylic acids is 3. The average molecular weight is 374 g/mol. The van der Waals surface area contributed by atoms with Crippen LogP contribution in [0.4, 0.5) is 13.2 Å². The number of esters is 1. The van der Waals surface area contributed by atoms with Crippen molar-refractivity contribution in [3.63, 3.8) is 0 Å². The molecule has 10 heteroatoms. The van der Waals surface area contributed by atoms with Gasteiger partial charge in [0.1, 0.15) is 11.8 Å². The second-order valence-electron chi connectivity index (χ2n) is 5.49. The summed E-state index contributed by atoms with van der Waals surface area (Å²) < 4.78 is 47.7. The Bertz CT molecular complexity index is 693. The number of ether oxygens (including phenoxy) is 2. The zero-order valence-electron chi connectivity index (χ0n) is 13.8. The highest BCUT2D eigenvalue weighted by molar-refractivity contribution is 5.92. The van der Waals surface area contributed by atoms with Crippen molar-refractivity contribution in [3.05, 3.63) is 29.8 Å². The predicted molar refractivity (Wildman–Crippen MR) is 82.1 cm³/mol. The SMILES string of the molecule is COC(=O)C[C@@H]1C(=O)NCCN1C(=O)COc1cccc(C(F)(F)F)c1. The van der Waals surface area contributed by atoms with Crippen LogP contribution in [0.5, 0.6) is 5.75 Å². The number of rotatable bonds is 5. The summed E-state index contributed by atoms with van der Waals surface area (Å²) in [4.78, 5) is 36.8. The summed E-state index contributed by atoms with van der Waals surface area (Å²) in [5.41, 5.74) is -0.900. The van der Waals surface area contributed by atoms with E-state index in [-0.39, 0.29) is 25.3 Å². The van der Waals surface area contributed by atoms with Gasteiger partial charge in [0, 0.05) is 13.1 Å². The first-order chi connectivity index (χ1) is 12.2. The van der Waals surface area contributed by atoms with Crippen LogP contribution in [0.1, 0.15) is 12.0 Å². The number of benzene rings is 1. The van der Waals surface area contributed by atoms with Gasteiger partial charge in [-0.15, -0.1) is 0 Å². The van der Waals surface area contributed by atoms with E-state index in [4.69, 9.17) is 4.74 Å². The first-order valence-electron chi connectivity index (χ1n) is 7.66. The number of piperazine rings is 1. The number of hydrogen-bond donors (Lipinski definition) is 1. The molecule has 0 radical (unpaired) electrons. The lowest BCUT2D eigenvalue weighted by molar-refractivity contribution is -0.151. The van der Waals surface area contributed by atoms with Crippen molar-refractivity contribution in [3.8, 4) is 5.75 Å². The molecule has 2 rings (SSSR count). The minimum atomic E-state index is -4.53. The summed E-state index contributed by atoms with van der Waals surface area (Å²) in [5.74, 6) is -1.91. The van der Waals surface area contributed by atoms with Crippen LogP contribution in [0, 0.1) is 0 Å². The van der Waals surface area contributed by atoms with Crippen LogP contribution in [-0.4, -0.2) is 55.5 Å². The Morgan fingerprint density at radius 3 is 2.73 bits per heavy atom. The summed E-state index contributed by atoms with van der Waals surface area (Å²) in [7, 11) is 1.16. The zero-order chi connectivity index (χ0) is 19.3. The van der Waals surface area contributed by atoms with Crippen LogP contribution in [0.15, 0.2) is 24.3 Å². The van der Waals surface area contributed by atoms with E-state index in [1.165, 1.54) is 6.07 Å². The van der Waals surface area contributed by atoms with E-state index in [0.29, 0.717) is 0 Å². The zero-order valence-corrected chi connectivity index (χ0v) is 13.8. The molecular formula is C16H17F3N2O5. The van der Waals surface area contributed by atoms with Crippen molar-refractivity contribution in [2.24, 2.45) is 0 Å². The van der Waals surface area contributed by atoms with E-state index in [1.54, 1.807) is 0 Å². The van der Waals surface area contributed by atoms with Crippen molar-refractivity contribution in [2.75, 3.05) is 26.8 Å². The van der Waals surface area contributed by atoms with Gasteiger partial charge in [-0.1, -0.05) is 6.07 Å². The smallest absolute Gasteiger partial charge is 0.416 e. The van der Waals surface area contributed by atoms with E-state index >= 15 is 0 Å². The van der Waals surface area contributed by atoms with Gasteiger partial charge in [-0.05, 0) is 18.2 Å². The summed E-state index contributed by atoms with van der Waals surface area (Å²) in [6.45, 7) is -0.212. The Morgan fingerprint density at radius 1 is 1.35 bits per heavy atom. The maximum Gasteiger partial charge on any atom is 0.416 e.